The van der Waals surface area contributed by atoms with Gasteiger partial charge < -0.3 is 9.55 Å². The number of aromatic amines is 1. The minimum absolute atomic E-state index is 0.737. The van der Waals surface area contributed by atoms with E-state index in [1.807, 2.05) is 43.3 Å². The SMILES string of the molecule is Cc1[c]cc(-c2ccc(Cl)cc2)n1-c1ccc2[nH]cnc2c1. The Hall–Kier alpha value is -2.52. The number of rotatable bonds is 2. The van der Waals surface area contributed by atoms with Gasteiger partial charge in [0.1, 0.15) is 0 Å². The smallest absolute Gasteiger partial charge is 0.0931 e. The molecule has 0 aliphatic rings. The number of benzene rings is 2. The highest BCUT2D eigenvalue weighted by Crippen LogP contribution is 2.28. The molecule has 0 bridgehead atoms. The number of nitrogens with zero attached hydrogens (tertiary/aromatic N) is 2. The van der Waals surface area contributed by atoms with Crippen molar-refractivity contribution < 1.29 is 0 Å². The number of aromatic nitrogens is 3. The lowest BCUT2D eigenvalue weighted by atomic mass is 10.1. The molecule has 2 aromatic heterocycles. The molecule has 3 nitrogen and oxygen atoms in total. The first-order valence-electron chi connectivity index (χ1n) is 7.02. The van der Waals surface area contributed by atoms with Crippen molar-refractivity contribution in [2.24, 2.45) is 0 Å². The van der Waals surface area contributed by atoms with Crippen LogP contribution in [0.3, 0.4) is 0 Å². The second-order valence-electron chi connectivity index (χ2n) is 5.21. The van der Waals surface area contributed by atoms with Crippen LogP contribution in [0.4, 0.5) is 0 Å². The van der Waals surface area contributed by atoms with Gasteiger partial charge in [0.15, 0.2) is 0 Å². The molecule has 1 N–H and O–H groups in total. The molecule has 2 heterocycles. The molecule has 0 fully saturated rings. The van der Waals surface area contributed by atoms with Gasteiger partial charge in [-0.3, -0.25) is 0 Å². The van der Waals surface area contributed by atoms with Crippen LogP contribution >= 0.6 is 11.6 Å². The van der Waals surface area contributed by atoms with Crippen molar-refractivity contribution in [1.29, 1.82) is 0 Å². The molecule has 0 atom stereocenters. The second-order valence-corrected chi connectivity index (χ2v) is 5.64. The summed E-state index contributed by atoms with van der Waals surface area (Å²) in [4.78, 5) is 7.45. The highest BCUT2D eigenvalue weighted by molar-refractivity contribution is 6.30. The van der Waals surface area contributed by atoms with E-state index in [4.69, 9.17) is 11.6 Å². The van der Waals surface area contributed by atoms with Gasteiger partial charge >= 0.3 is 0 Å². The molecule has 0 unspecified atom stereocenters. The van der Waals surface area contributed by atoms with Crippen molar-refractivity contribution >= 4 is 22.6 Å². The van der Waals surface area contributed by atoms with Crippen molar-refractivity contribution in [3.05, 3.63) is 71.6 Å². The zero-order valence-corrected chi connectivity index (χ0v) is 12.7. The second kappa shape index (κ2) is 5.04. The summed E-state index contributed by atoms with van der Waals surface area (Å²) in [5.41, 5.74) is 6.31. The van der Waals surface area contributed by atoms with Gasteiger partial charge in [-0.25, -0.2) is 4.98 Å². The maximum Gasteiger partial charge on any atom is 0.0931 e. The van der Waals surface area contributed by atoms with E-state index in [1.165, 1.54) is 0 Å². The summed E-state index contributed by atoms with van der Waals surface area (Å²) >= 11 is 5.99. The Bertz CT molecular complexity index is 948. The van der Waals surface area contributed by atoms with Crippen LogP contribution in [0.5, 0.6) is 0 Å². The van der Waals surface area contributed by atoms with Crippen LogP contribution in [-0.4, -0.2) is 14.5 Å². The summed E-state index contributed by atoms with van der Waals surface area (Å²) in [5.74, 6) is 0. The molecule has 22 heavy (non-hydrogen) atoms. The van der Waals surface area contributed by atoms with E-state index in [1.54, 1.807) is 6.33 Å². The van der Waals surface area contributed by atoms with Crippen LogP contribution in [0.25, 0.3) is 28.0 Å². The molecule has 4 rings (SSSR count). The van der Waals surface area contributed by atoms with Crippen LogP contribution < -0.4 is 0 Å². The third-order valence-electron chi connectivity index (χ3n) is 3.80. The maximum atomic E-state index is 5.99. The van der Waals surface area contributed by atoms with Crippen LogP contribution in [0.1, 0.15) is 5.69 Å². The van der Waals surface area contributed by atoms with Crippen LogP contribution in [0.15, 0.2) is 54.9 Å². The zero-order valence-electron chi connectivity index (χ0n) is 12.0. The summed E-state index contributed by atoms with van der Waals surface area (Å²) in [6.45, 7) is 2.05. The Balaban J connectivity index is 1.91. The lowest BCUT2D eigenvalue weighted by molar-refractivity contribution is 1.02. The highest BCUT2D eigenvalue weighted by Gasteiger charge is 2.10. The van der Waals surface area contributed by atoms with E-state index >= 15 is 0 Å². The lowest BCUT2D eigenvalue weighted by Gasteiger charge is -2.12. The molecule has 4 heteroatoms. The Labute approximate surface area is 133 Å². The van der Waals surface area contributed by atoms with E-state index < -0.39 is 0 Å². The van der Waals surface area contributed by atoms with Crippen molar-refractivity contribution in [2.45, 2.75) is 6.92 Å². The van der Waals surface area contributed by atoms with Gasteiger partial charge in [-0.1, -0.05) is 23.7 Å². The van der Waals surface area contributed by atoms with E-state index in [-0.39, 0.29) is 0 Å². The molecular weight excluding hydrogens is 294 g/mol. The largest absolute Gasteiger partial charge is 0.345 e. The number of nitrogens with one attached hydrogen (secondary N) is 1. The minimum atomic E-state index is 0.737. The van der Waals surface area contributed by atoms with Gasteiger partial charge in [0.25, 0.3) is 0 Å². The lowest BCUT2D eigenvalue weighted by Crippen LogP contribution is -1.99. The van der Waals surface area contributed by atoms with Gasteiger partial charge in [0.2, 0.25) is 0 Å². The summed E-state index contributed by atoms with van der Waals surface area (Å²) in [6, 6.07) is 19.4. The number of H-pyrrole nitrogens is 1. The normalized spacial score (nSPS) is 11.2. The van der Waals surface area contributed by atoms with Crippen molar-refractivity contribution in [3.8, 4) is 16.9 Å². The number of hydrogen-bond acceptors (Lipinski definition) is 1. The third-order valence-corrected chi connectivity index (χ3v) is 4.05. The Morgan fingerprint density at radius 1 is 1.14 bits per heavy atom. The maximum absolute atomic E-state index is 5.99. The third kappa shape index (κ3) is 2.11. The summed E-state index contributed by atoms with van der Waals surface area (Å²) < 4.78 is 2.18. The number of aryl methyl sites for hydroxylation is 1. The van der Waals surface area contributed by atoms with Gasteiger partial charge in [0.05, 0.1) is 23.1 Å². The molecule has 2 aromatic carbocycles. The molecular formula is C18H13ClN3. The van der Waals surface area contributed by atoms with E-state index in [2.05, 4.69) is 32.7 Å². The van der Waals surface area contributed by atoms with Crippen LogP contribution in [0.2, 0.25) is 5.02 Å². The Morgan fingerprint density at radius 2 is 1.95 bits per heavy atom. The minimum Gasteiger partial charge on any atom is -0.345 e. The average Bonchev–Trinajstić information content (AvgIpc) is 3.13. The van der Waals surface area contributed by atoms with Crippen molar-refractivity contribution in [3.63, 3.8) is 0 Å². The summed E-state index contributed by atoms with van der Waals surface area (Å²) in [6.07, 6.45) is 1.71. The number of halogens is 1. The predicted octanol–water partition coefficient (Wildman–Crippen LogP) is 4.78. The monoisotopic (exact) mass is 306 g/mol. The molecule has 0 spiro atoms. The fourth-order valence-corrected chi connectivity index (χ4v) is 2.83. The first kappa shape index (κ1) is 13.2. The van der Waals surface area contributed by atoms with E-state index in [9.17, 15) is 0 Å². The topological polar surface area (TPSA) is 33.6 Å². The molecule has 107 valence electrons. The predicted molar refractivity (Wildman–Crippen MR) is 89.4 cm³/mol. The first-order valence-corrected chi connectivity index (χ1v) is 7.39. The molecule has 0 aliphatic heterocycles. The first-order chi connectivity index (χ1) is 10.7. The van der Waals surface area contributed by atoms with Crippen molar-refractivity contribution in [1.82, 2.24) is 14.5 Å². The Kier molecular flexibility index (Phi) is 3.01. The van der Waals surface area contributed by atoms with Gasteiger partial charge in [-0.2, -0.15) is 0 Å². The fourth-order valence-electron chi connectivity index (χ4n) is 2.71. The molecule has 0 amide bonds. The number of fused-ring (bicyclic) bond motifs is 1. The molecule has 1 radical (unpaired) electrons. The number of imidazole rings is 1. The van der Waals surface area contributed by atoms with Crippen molar-refractivity contribution in [2.75, 3.05) is 0 Å². The van der Waals surface area contributed by atoms with Crippen LogP contribution in [0, 0.1) is 13.0 Å². The van der Waals surface area contributed by atoms with Crippen LogP contribution in [-0.2, 0) is 0 Å². The summed E-state index contributed by atoms with van der Waals surface area (Å²) in [7, 11) is 0. The zero-order chi connectivity index (χ0) is 15.1. The standard InChI is InChI=1S/C18H13ClN3/c1-12-2-9-18(13-3-5-14(19)6-4-13)22(12)15-7-8-16-17(10-15)21-11-20-16/h3-11H,1H3,(H,20,21). The number of hydrogen-bond donors (Lipinski definition) is 1. The average molecular weight is 307 g/mol. The molecule has 0 saturated heterocycles. The molecule has 0 aliphatic carbocycles. The summed E-state index contributed by atoms with van der Waals surface area (Å²) in [5, 5.41) is 0.737. The molecule has 0 saturated carbocycles. The van der Waals surface area contributed by atoms with E-state index in [0.29, 0.717) is 0 Å². The fraction of sp³-hybridized carbons (Fsp3) is 0.0556. The van der Waals surface area contributed by atoms with Gasteiger partial charge in [0, 0.05) is 22.5 Å². The highest BCUT2D eigenvalue weighted by atomic mass is 35.5. The van der Waals surface area contributed by atoms with Gasteiger partial charge in [-0.15, -0.1) is 0 Å². The van der Waals surface area contributed by atoms with E-state index in [0.717, 1.165) is 38.7 Å². The Morgan fingerprint density at radius 3 is 2.77 bits per heavy atom. The molecule has 4 aromatic rings. The quantitative estimate of drug-likeness (QED) is 0.568. The van der Waals surface area contributed by atoms with Gasteiger partial charge in [-0.05, 0) is 48.9 Å².